The Bertz CT molecular complexity index is 680. The number of nitrogens with two attached hydrogens (primary N) is 1. The molecule has 0 saturated carbocycles. The Balaban J connectivity index is 2.60. The van der Waals surface area contributed by atoms with Crippen LogP contribution in [-0.2, 0) is 9.53 Å². The molecule has 1 rings (SSSR count). The van der Waals surface area contributed by atoms with Gasteiger partial charge in [0, 0.05) is 11.6 Å². The molecule has 0 fully saturated rings. The summed E-state index contributed by atoms with van der Waals surface area (Å²) in [5, 5.41) is 15.2. The van der Waals surface area contributed by atoms with E-state index in [1.54, 1.807) is 20.8 Å². The maximum absolute atomic E-state index is 11.8. The second kappa shape index (κ2) is 7.40. The molecule has 24 heavy (non-hydrogen) atoms. The third-order valence-electron chi connectivity index (χ3n) is 2.54. The van der Waals surface area contributed by atoms with Crippen molar-refractivity contribution in [2.24, 2.45) is 0 Å². The number of nitro benzene ring substituents is 1. The predicted molar refractivity (Wildman–Crippen MR) is 84.2 cm³/mol. The predicted octanol–water partition coefficient (Wildman–Crippen LogP) is 0.958. The van der Waals surface area contributed by atoms with E-state index in [2.05, 4.69) is 5.32 Å². The maximum atomic E-state index is 11.8. The number of carbonyl (C=O) groups is 3. The Labute approximate surface area is 137 Å². The number of rotatable bonds is 4. The molecule has 10 heteroatoms. The minimum absolute atomic E-state index is 0.104. The summed E-state index contributed by atoms with van der Waals surface area (Å²) in [6.45, 7) is 4.47. The molecule has 3 amide bonds. The van der Waals surface area contributed by atoms with Gasteiger partial charge in [-0.2, -0.15) is 0 Å². The van der Waals surface area contributed by atoms with Gasteiger partial charge in [0.05, 0.1) is 10.5 Å². The molecule has 0 aliphatic rings. The molecule has 0 aromatic heterocycles. The summed E-state index contributed by atoms with van der Waals surface area (Å²) in [4.78, 5) is 44.8. The van der Waals surface area contributed by atoms with Gasteiger partial charge in [-0.25, -0.2) is 9.59 Å². The molecule has 4 N–H and O–H groups in total. The fourth-order valence-electron chi connectivity index (χ4n) is 1.58. The number of urea groups is 1. The number of esters is 1. The van der Waals surface area contributed by atoms with Crippen LogP contribution in [0.3, 0.4) is 0 Å². The van der Waals surface area contributed by atoms with E-state index >= 15 is 0 Å². The Hall–Kier alpha value is -3.17. The minimum Gasteiger partial charge on any atom is -0.452 e. The smallest absolute Gasteiger partial charge is 0.338 e. The van der Waals surface area contributed by atoms with Crippen LogP contribution in [0.5, 0.6) is 0 Å². The van der Waals surface area contributed by atoms with Crippen LogP contribution in [-0.4, -0.2) is 35.0 Å². The third kappa shape index (κ3) is 5.91. The van der Waals surface area contributed by atoms with E-state index in [1.165, 1.54) is 12.1 Å². The Morgan fingerprint density at radius 1 is 1.29 bits per heavy atom. The topological polar surface area (TPSA) is 154 Å². The van der Waals surface area contributed by atoms with E-state index in [4.69, 9.17) is 10.5 Å². The summed E-state index contributed by atoms with van der Waals surface area (Å²) in [6.07, 6.45) is 0. The SMILES string of the molecule is CC(C)(C)NC(=O)NC(=O)COC(=O)c1ccc(N)c([N+](=O)[O-])c1. The molecule has 0 aliphatic heterocycles. The van der Waals surface area contributed by atoms with Crippen LogP contribution in [0.4, 0.5) is 16.2 Å². The van der Waals surface area contributed by atoms with Gasteiger partial charge < -0.3 is 15.8 Å². The van der Waals surface area contributed by atoms with Crippen LogP contribution >= 0.6 is 0 Å². The van der Waals surface area contributed by atoms with Crippen LogP contribution < -0.4 is 16.4 Å². The Morgan fingerprint density at radius 3 is 2.46 bits per heavy atom. The number of anilines is 1. The number of ether oxygens (including phenoxy) is 1. The number of nitro groups is 1. The lowest BCUT2D eigenvalue weighted by Crippen LogP contribution is -2.49. The average Bonchev–Trinajstić information content (AvgIpc) is 2.42. The highest BCUT2D eigenvalue weighted by molar-refractivity contribution is 5.97. The maximum Gasteiger partial charge on any atom is 0.338 e. The van der Waals surface area contributed by atoms with Gasteiger partial charge in [-0.15, -0.1) is 0 Å². The number of carbonyl (C=O) groups excluding carboxylic acids is 3. The molecule has 1 aromatic rings. The number of imide groups is 1. The molecule has 1 aromatic carbocycles. The van der Waals surface area contributed by atoms with E-state index in [0.717, 1.165) is 6.07 Å². The van der Waals surface area contributed by atoms with Crippen molar-refractivity contribution in [3.63, 3.8) is 0 Å². The Kier molecular flexibility index (Phi) is 5.82. The largest absolute Gasteiger partial charge is 0.452 e. The minimum atomic E-state index is -0.954. The van der Waals surface area contributed by atoms with Gasteiger partial charge in [-0.1, -0.05) is 0 Å². The van der Waals surface area contributed by atoms with Crippen LogP contribution in [0, 0.1) is 10.1 Å². The van der Waals surface area contributed by atoms with Crippen LogP contribution in [0.1, 0.15) is 31.1 Å². The first-order chi connectivity index (χ1) is 11.0. The average molecular weight is 338 g/mol. The van der Waals surface area contributed by atoms with Crippen LogP contribution in [0.2, 0.25) is 0 Å². The molecular formula is C14H18N4O6. The van der Waals surface area contributed by atoms with Crippen LogP contribution in [0.15, 0.2) is 18.2 Å². The molecule has 0 spiro atoms. The number of hydrogen-bond donors (Lipinski definition) is 3. The number of nitrogens with one attached hydrogen (secondary N) is 2. The van der Waals surface area contributed by atoms with Gasteiger partial charge in [0.25, 0.3) is 11.6 Å². The van der Waals surface area contributed by atoms with Gasteiger partial charge >= 0.3 is 12.0 Å². The fraction of sp³-hybridized carbons (Fsp3) is 0.357. The Morgan fingerprint density at radius 2 is 1.92 bits per heavy atom. The zero-order chi connectivity index (χ0) is 18.5. The van der Waals surface area contributed by atoms with E-state index in [9.17, 15) is 24.5 Å². The molecule has 0 atom stereocenters. The summed E-state index contributed by atoms with van der Waals surface area (Å²) in [5.41, 5.74) is 4.19. The summed E-state index contributed by atoms with van der Waals surface area (Å²) in [6, 6.07) is 2.63. The monoisotopic (exact) mass is 338 g/mol. The lowest BCUT2D eigenvalue weighted by atomic mass is 10.1. The van der Waals surface area contributed by atoms with E-state index in [-0.39, 0.29) is 11.3 Å². The first kappa shape index (κ1) is 18.9. The van der Waals surface area contributed by atoms with Crippen molar-refractivity contribution < 1.29 is 24.0 Å². The van der Waals surface area contributed by atoms with Gasteiger partial charge in [-0.3, -0.25) is 20.2 Å². The molecule has 0 aliphatic carbocycles. The number of amides is 3. The van der Waals surface area contributed by atoms with Gasteiger partial charge in [-0.05, 0) is 32.9 Å². The summed E-state index contributed by atoms with van der Waals surface area (Å²) < 4.78 is 4.70. The van der Waals surface area contributed by atoms with Crippen molar-refractivity contribution >= 4 is 29.3 Å². The van der Waals surface area contributed by atoms with Gasteiger partial charge in [0.2, 0.25) is 0 Å². The first-order valence-electron chi connectivity index (χ1n) is 6.82. The van der Waals surface area contributed by atoms with Crippen molar-refractivity contribution in [1.29, 1.82) is 0 Å². The third-order valence-corrected chi connectivity index (χ3v) is 2.54. The zero-order valence-electron chi connectivity index (χ0n) is 13.4. The van der Waals surface area contributed by atoms with Crippen LogP contribution in [0.25, 0.3) is 0 Å². The summed E-state index contributed by atoms with van der Waals surface area (Å²) >= 11 is 0. The highest BCUT2D eigenvalue weighted by Crippen LogP contribution is 2.22. The first-order valence-corrected chi connectivity index (χ1v) is 6.82. The zero-order valence-corrected chi connectivity index (χ0v) is 13.4. The lowest BCUT2D eigenvalue weighted by Gasteiger charge is -2.20. The number of nitrogen functional groups attached to an aromatic ring is 1. The van der Waals surface area contributed by atoms with Gasteiger partial charge in [0.1, 0.15) is 5.69 Å². The highest BCUT2D eigenvalue weighted by Gasteiger charge is 2.19. The van der Waals surface area contributed by atoms with Crippen molar-refractivity contribution in [3.05, 3.63) is 33.9 Å². The van der Waals surface area contributed by atoms with E-state index < -0.39 is 40.7 Å². The normalized spacial score (nSPS) is 10.6. The van der Waals surface area contributed by atoms with E-state index in [0.29, 0.717) is 0 Å². The molecule has 10 nitrogen and oxygen atoms in total. The molecule has 0 heterocycles. The molecular weight excluding hydrogens is 320 g/mol. The number of benzene rings is 1. The van der Waals surface area contributed by atoms with Gasteiger partial charge in [0.15, 0.2) is 6.61 Å². The van der Waals surface area contributed by atoms with Crippen molar-refractivity contribution in [2.75, 3.05) is 12.3 Å². The standard InChI is InChI=1S/C14H18N4O6/c1-14(2,3)17-13(21)16-11(19)7-24-12(20)8-4-5-9(15)10(6-8)18(22)23/h4-6H,7,15H2,1-3H3,(H2,16,17,19,21). The quantitative estimate of drug-likeness (QED) is 0.320. The second-order valence-corrected chi connectivity index (χ2v) is 5.86. The molecule has 130 valence electrons. The molecule has 0 bridgehead atoms. The molecule has 0 radical (unpaired) electrons. The molecule has 0 unspecified atom stereocenters. The second-order valence-electron chi connectivity index (χ2n) is 5.86. The fourth-order valence-corrected chi connectivity index (χ4v) is 1.58. The van der Waals surface area contributed by atoms with Crippen molar-refractivity contribution in [2.45, 2.75) is 26.3 Å². The van der Waals surface area contributed by atoms with Crippen molar-refractivity contribution in [3.8, 4) is 0 Å². The van der Waals surface area contributed by atoms with E-state index in [1.807, 2.05) is 5.32 Å². The lowest BCUT2D eigenvalue weighted by molar-refractivity contribution is -0.383. The number of hydrogen-bond acceptors (Lipinski definition) is 7. The highest BCUT2D eigenvalue weighted by atomic mass is 16.6. The number of nitrogens with zero attached hydrogens (tertiary/aromatic N) is 1. The molecule has 0 saturated heterocycles. The summed E-state index contributed by atoms with van der Waals surface area (Å²) in [7, 11) is 0. The van der Waals surface area contributed by atoms with Crippen molar-refractivity contribution in [1.82, 2.24) is 10.6 Å². The summed E-state index contributed by atoms with van der Waals surface area (Å²) in [5.74, 6) is -1.79.